The number of hydrogen-bond acceptors (Lipinski definition) is 3. The van der Waals surface area contributed by atoms with Gasteiger partial charge >= 0.3 is 5.97 Å². The van der Waals surface area contributed by atoms with Gasteiger partial charge in [-0.2, -0.15) is 0 Å². The Morgan fingerprint density at radius 2 is 1.95 bits per heavy atom. The van der Waals surface area contributed by atoms with Gasteiger partial charge < -0.3 is 10.1 Å². The lowest BCUT2D eigenvalue weighted by atomic mass is 9.79. The Morgan fingerprint density at radius 3 is 2.52 bits per heavy atom. The van der Waals surface area contributed by atoms with E-state index < -0.39 is 0 Å². The van der Waals surface area contributed by atoms with Crippen LogP contribution < -0.4 is 5.32 Å². The number of benzene rings is 1. The first kappa shape index (κ1) is 16.2. The van der Waals surface area contributed by atoms with E-state index in [2.05, 4.69) is 19.2 Å². The van der Waals surface area contributed by atoms with E-state index in [-0.39, 0.29) is 5.97 Å². The summed E-state index contributed by atoms with van der Waals surface area (Å²) in [6.07, 6.45) is 4.82. The van der Waals surface area contributed by atoms with Crippen molar-refractivity contribution in [1.29, 1.82) is 0 Å². The van der Waals surface area contributed by atoms with Gasteiger partial charge in [0.25, 0.3) is 0 Å². The van der Waals surface area contributed by atoms with Crippen LogP contribution >= 0.6 is 11.6 Å². The molecule has 0 bridgehead atoms. The molecule has 3 nitrogen and oxygen atoms in total. The van der Waals surface area contributed by atoms with Gasteiger partial charge in [-0.25, -0.2) is 4.79 Å². The van der Waals surface area contributed by atoms with Crippen LogP contribution in [0.5, 0.6) is 0 Å². The number of methoxy groups -OCH3 is 1. The SMILES string of the molecule is COC(=O)c1ccc(Cl)c(NC2CCC(C(C)C)CC2)c1. The van der Waals surface area contributed by atoms with Crippen molar-refractivity contribution in [3.63, 3.8) is 0 Å². The van der Waals surface area contributed by atoms with E-state index in [4.69, 9.17) is 16.3 Å². The molecule has 0 heterocycles. The third-order valence-corrected chi connectivity index (χ3v) is 4.79. The second-order valence-electron chi connectivity index (χ2n) is 6.19. The first-order chi connectivity index (χ1) is 10.0. The molecule has 1 aromatic carbocycles. The molecule has 0 spiro atoms. The summed E-state index contributed by atoms with van der Waals surface area (Å²) in [6, 6.07) is 5.65. The van der Waals surface area contributed by atoms with Gasteiger partial charge in [0, 0.05) is 6.04 Å². The first-order valence-electron chi connectivity index (χ1n) is 7.65. The fourth-order valence-electron chi connectivity index (χ4n) is 3.03. The fraction of sp³-hybridized carbons (Fsp3) is 0.588. The highest BCUT2D eigenvalue weighted by atomic mass is 35.5. The maximum atomic E-state index is 11.6. The van der Waals surface area contributed by atoms with Gasteiger partial charge in [0.2, 0.25) is 0 Å². The quantitative estimate of drug-likeness (QED) is 0.815. The third kappa shape index (κ3) is 4.13. The van der Waals surface area contributed by atoms with Crippen LogP contribution in [0.25, 0.3) is 0 Å². The van der Waals surface area contributed by atoms with Crippen LogP contribution in [-0.2, 0) is 4.74 Å². The second-order valence-corrected chi connectivity index (χ2v) is 6.59. The monoisotopic (exact) mass is 309 g/mol. The van der Waals surface area contributed by atoms with Gasteiger partial charge in [0.05, 0.1) is 23.4 Å². The second kappa shape index (κ2) is 7.17. The van der Waals surface area contributed by atoms with E-state index in [1.807, 2.05) is 0 Å². The molecule has 1 N–H and O–H groups in total. The molecule has 1 fully saturated rings. The fourth-order valence-corrected chi connectivity index (χ4v) is 3.20. The highest BCUT2D eigenvalue weighted by Crippen LogP contribution is 2.33. The van der Waals surface area contributed by atoms with Gasteiger partial charge in [0.1, 0.15) is 0 Å². The van der Waals surface area contributed by atoms with Crippen LogP contribution in [0.15, 0.2) is 18.2 Å². The molecule has 0 atom stereocenters. The molecule has 1 aromatic rings. The molecule has 21 heavy (non-hydrogen) atoms. The minimum Gasteiger partial charge on any atom is -0.465 e. The average Bonchev–Trinajstić information content (AvgIpc) is 2.49. The van der Waals surface area contributed by atoms with E-state index in [1.54, 1.807) is 18.2 Å². The summed E-state index contributed by atoms with van der Waals surface area (Å²) in [5, 5.41) is 4.14. The predicted octanol–water partition coefficient (Wildman–Crippen LogP) is 4.75. The molecule has 0 amide bonds. The van der Waals surface area contributed by atoms with Gasteiger partial charge in [-0.1, -0.05) is 25.4 Å². The van der Waals surface area contributed by atoms with Crippen molar-refractivity contribution in [3.8, 4) is 0 Å². The minimum atomic E-state index is -0.335. The summed E-state index contributed by atoms with van der Waals surface area (Å²) in [7, 11) is 1.39. The molecule has 1 aliphatic rings. The van der Waals surface area contributed by atoms with Crippen molar-refractivity contribution >= 4 is 23.3 Å². The van der Waals surface area contributed by atoms with E-state index >= 15 is 0 Å². The van der Waals surface area contributed by atoms with Crippen LogP contribution in [0, 0.1) is 11.8 Å². The number of nitrogens with one attached hydrogen (secondary N) is 1. The van der Waals surface area contributed by atoms with Gasteiger partial charge in [-0.3, -0.25) is 0 Å². The van der Waals surface area contributed by atoms with Crippen molar-refractivity contribution in [2.45, 2.75) is 45.6 Å². The van der Waals surface area contributed by atoms with Crippen molar-refractivity contribution < 1.29 is 9.53 Å². The highest BCUT2D eigenvalue weighted by Gasteiger charge is 2.23. The molecular formula is C17H24ClNO2. The van der Waals surface area contributed by atoms with Crippen molar-refractivity contribution in [1.82, 2.24) is 0 Å². The number of halogens is 1. The molecule has 0 aromatic heterocycles. The van der Waals surface area contributed by atoms with Gasteiger partial charge in [0.15, 0.2) is 0 Å². The smallest absolute Gasteiger partial charge is 0.337 e. The van der Waals surface area contributed by atoms with Crippen LogP contribution in [0.2, 0.25) is 5.02 Å². The van der Waals surface area contributed by atoms with Crippen molar-refractivity contribution in [2.75, 3.05) is 12.4 Å². The van der Waals surface area contributed by atoms with E-state index in [0.717, 1.165) is 30.4 Å². The van der Waals surface area contributed by atoms with E-state index in [0.29, 0.717) is 16.6 Å². The van der Waals surface area contributed by atoms with Crippen LogP contribution in [0.1, 0.15) is 49.9 Å². The number of carbonyl (C=O) groups excluding carboxylic acids is 1. The molecule has 1 aliphatic carbocycles. The van der Waals surface area contributed by atoms with Crippen LogP contribution in [0.4, 0.5) is 5.69 Å². The molecule has 2 rings (SSSR count). The predicted molar refractivity (Wildman–Crippen MR) is 87.0 cm³/mol. The molecule has 0 saturated heterocycles. The standard InChI is InChI=1S/C17H24ClNO2/c1-11(2)12-4-7-14(8-5-12)19-16-10-13(17(20)21-3)6-9-15(16)18/h6,9-12,14,19H,4-5,7-8H2,1-3H3. The Kier molecular flexibility index (Phi) is 5.51. The Labute approximate surface area is 132 Å². The van der Waals surface area contributed by atoms with Gasteiger partial charge in [-0.05, 0) is 55.7 Å². The molecule has 1 saturated carbocycles. The van der Waals surface area contributed by atoms with Gasteiger partial charge in [-0.15, -0.1) is 0 Å². The summed E-state index contributed by atoms with van der Waals surface area (Å²) >= 11 is 6.23. The summed E-state index contributed by atoms with van der Waals surface area (Å²) in [4.78, 5) is 11.6. The maximum absolute atomic E-state index is 11.6. The lowest BCUT2D eigenvalue weighted by Crippen LogP contribution is -2.28. The lowest BCUT2D eigenvalue weighted by Gasteiger charge is -2.32. The topological polar surface area (TPSA) is 38.3 Å². The highest BCUT2D eigenvalue weighted by molar-refractivity contribution is 6.33. The summed E-state index contributed by atoms with van der Waals surface area (Å²) < 4.78 is 4.75. The zero-order valence-electron chi connectivity index (χ0n) is 13.0. The number of hydrogen-bond donors (Lipinski definition) is 1. The maximum Gasteiger partial charge on any atom is 0.337 e. The largest absolute Gasteiger partial charge is 0.465 e. The van der Waals surface area contributed by atoms with E-state index in [9.17, 15) is 4.79 Å². The van der Waals surface area contributed by atoms with Crippen LogP contribution in [0.3, 0.4) is 0 Å². The molecular weight excluding hydrogens is 286 g/mol. The lowest BCUT2D eigenvalue weighted by molar-refractivity contribution is 0.0601. The number of carbonyl (C=O) groups is 1. The summed E-state index contributed by atoms with van der Waals surface area (Å²) in [5.41, 5.74) is 1.35. The van der Waals surface area contributed by atoms with E-state index in [1.165, 1.54) is 20.0 Å². The zero-order valence-corrected chi connectivity index (χ0v) is 13.7. The number of ether oxygens (including phenoxy) is 1. The molecule has 4 heteroatoms. The molecule has 0 aliphatic heterocycles. The molecule has 0 radical (unpaired) electrons. The number of rotatable bonds is 4. The Balaban J connectivity index is 2.01. The number of anilines is 1. The normalized spacial score (nSPS) is 22.1. The Morgan fingerprint density at radius 1 is 1.29 bits per heavy atom. The minimum absolute atomic E-state index is 0.335. The van der Waals surface area contributed by atoms with Crippen molar-refractivity contribution in [2.24, 2.45) is 11.8 Å². The van der Waals surface area contributed by atoms with Crippen molar-refractivity contribution in [3.05, 3.63) is 28.8 Å². The zero-order chi connectivity index (χ0) is 15.4. The van der Waals surface area contributed by atoms with Crippen LogP contribution in [-0.4, -0.2) is 19.1 Å². The first-order valence-corrected chi connectivity index (χ1v) is 8.03. The third-order valence-electron chi connectivity index (χ3n) is 4.46. The Hall–Kier alpha value is -1.22. The summed E-state index contributed by atoms with van der Waals surface area (Å²) in [6.45, 7) is 4.60. The summed E-state index contributed by atoms with van der Waals surface area (Å²) in [5.74, 6) is 1.26. The Bertz CT molecular complexity index is 494. The molecule has 0 unspecified atom stereocenters. The average molecular weight is 310 g/mol. The number of esters is 1. The molecule has 116 valence electrons.